The molecule has 10 heteroatoms. The van der Waals surface area contributed by atoms with Crippen LogP contribution in [0.4, 0.5) is 30.6 Å². The minimum atomic E-state index is -4.78. The highest BCUT2D eigenvalue weighted by Gasteiger charge is 2.31. The van der Waals surface area contributed by atoms with Gasteiger partial charge in [-0.25, -0.2) is 4.98 Å². The van der Waals surface area contributed by atoms with Gasteiger partial charge >= 0.3 is 6.36 Å². The van der Waals surface area contributed by atoms with Gasteiger partial charge in [0, 0.05) is 35.4 Å². The smallest absolute Gasteiger partial charge is 0.406 e. The maximum Gasteiger partial charge on any atom is 0.573 e. The van der Waals surface area contributed by atoms with E-state index in [4.69, 9.17) is 11.6 Å². The molecule has 1 aromatic heterocycles. The number of nitrogens with one attached hydrogen (secondary N) is 2. The fraction of sp³-hybridized carbons (Fsp3) is 0.273. The molecule has 0 saturated heterocycles. The molecule has 0 unspecified atom stereocenters. The van der Waals surface area contributed by atoms with Crippen LogP contribution in [-0.2, 0) is 0 Å². The Morgan fingerprint density at radius 3 is 2.56 bits per heavy atom. The zero-order chi connectivity index (χ0) is 23.3. The lowest BCUT2D eigenvalue weighted by Gasteiger charge is -2.15. The van der Waals surface area contributed by atoms with Gasteiger partial charge in [-0.15, -0.1) is 13.2 Å². The second-order valence-electron chi connectivity index (χ2n) is 7.35. The Labute approximate surface area is 189 Å². The van der Waals surface area contributed by atoms with Crippen molar-refractivity contribution < 1.29 is 17.9 Å². The number of hydrogen-bond donors (Lipinski definition) is 2. The highest BCUT2D eigenvalue weighted by Crippen LogP contribution is 2.30. The maximum atomic E-state index is 12.6. The van der Waals surface area contributed by atoms with Crippen LogP contribution in [0.5, 0.6) is 5.75 Å². The number of hydrogen-bond acceptors (Lipinski definition) is 6. The van der Waals surface area contributed by atoms with E-state index in [1.54, 1.807) is 24.3 Å². The van der Waals surface area contributed by atoms with Crippen LogP contribution in [0.15, 0.2) is 48.5 Å². The largest absolute Gasteiger partial charge is 0.573 e. The molecule has 32 heavy (non-hydrogen) atoms. The van der Waals surface area contributed by atoms with Gasteiger partial charge in [0.15, 0.2) is 0 Å². The number of likely N-dealkylation sites (N-methyl/N-ethyl adjacent to an activating group) is 1. The van der Waals surface area contributed by atoms with Crippen molar-refractivity contribution >= 4 is 29.1 Å². The molecule has 0 spiro atoms. The van der Waals surface area contributed by atoms with Crippen molar-refractivity contribution in [3.8, 4) is 17.0 Å². The van der Waals surface area contributed by atoms with Gasteiger partial charge in [-0.1, -0.05) is 29.8 Å². The van der Waals surface area contributed by atoms with Crippen molar-refractivity contribution in [1.29, 1.82) is 0 Å². The first-order chi connectivity index (χ1) is 15.1. The summed E-state index contributed by atoms with van der Waals surface area (Å²) < 4.78 is 42.0. The summed E-state index contributed by atoms with van der Waals surface area (Å²) in [4.78, 5) is 11.0. The predicted molar refractivity (Wildman–Crippen MR) is 121 cm³/mol. The van der Waals surface area contributed by atoms with Crippen LogP contribution >= 0.6 is 11.6 Å². The highest BCUT2D eigenvalue weighted by atomic mass is 35.5. The van der Waals surface area contributed by atoms with E-state index in [0.29, 0.717) is 34.6 Å². The standard InChI is InChI=1S/C22H23ClF3N5O/c1-14-7-8-16(23)12-18(14)28-20-13-19(29-21(30-20)27-9-10-31(2)3)15-5-4-6-17(11-15)32-22(24,25)26/h4-8,11-13H,9-10H2,1-3H3,(H2,27,28,29,30). The number of aryl methyl sites for hydroxylation is 1. The van der Waals surface area contributed by atoms with Crippen LogP contribution in [0.25, 0.3) is 11.3 Å². The zero-order valence-corrected chi connectivity index (χ0v) is 18.6. The van der Waals surface area contributed by atoms with Crippen LogP contribution < -0.4 is 15.4 Å². The molecule has 0 atom stereocenters. The number of alkyl halides is 3. The Kier molecular flexibility index (Phi) is 7.42. The van der Waals surface area contributed by atoms with Crippen molar-refractivity contribution in [3.63, 3.8) is 0 Å². The van der Waals surface area contributed by atoms with E-state index in [1.807, 2.05) is 32.0 Å². The van der Waals surface area contributed by atoms with Gasteiger partial charge in [0.05, 0.1) is 5.69 Å². The molecule has 0 bridgehead atoms. The Bertz CT molecular complexity index is 1080. The first-order valence-electron chi connectivity index (χ1n) is 9.76. The number of ether oxygens (including phenoxy) is 1. The van der Waals surface area contributed by atoms with Crippen LogP contribution in [0.1, 0.15) is 5.56 Å². The fourth-order valence-corrected chi connectivity index (χ4v) is 3.02. The van der Waals surface area contributed by atoms with Crippen molar-refractivity contribution in [2.45, 2.75) is 13.3 Å². The molecule has 0 amide bonds. The molecule has 6 nitrogen and oxygen atoms in total. The molecule has 1 heterocycles. The number of benzene rings is 2. The number of anilines is 3. The van der Waals surface area contributed by atoms with Gasteiger partial charge < -0.3 is 20.3 Å². The minimum absolute atomic E-state index is 0.323. The lowest BCUT2D eigenvalue weighted by molar-refractivity contribution is -0.274. The Balaban J connectivity index is 1.96. The van der Waals surface area contributed by atoms with E-state index in [2.05, 4.69) is 25.3 Å². The molecule has 0 saturated carbocycles. The van der Waals surface area contributed by atoms with Gasteiger partial charge in [0.25, 0.3) is 0 Å². The van der Waals surface area contributed by atoms with E-state index in [1.165, 1.54) is 18.2 Å². The number of aromatic nitrogens is 2. The fourth-order valence-electron chi connectivity index (χ4n) is 2.85. The van der Waals surface area contributed by atoms with Crippen molar-refractivity contribution in [2.75, 3.05) is 37.8 Å². The summed E-state index contributed by atoms with van der Waals surface area (Å²) in [5.41, 5.74) is 2.60. The van der Waals surface area contributed by atoms with Crippen molar-refractivity contribution in [2.24, 2.45) is 0 Å². The van der Waals surface area contributed by atoms with Gasteiger partial charge in [0.2, 0.25) is 5.95 Å². The molecule has 0 aliphatic heterocycles. The van der Waals surface area contributed by atoms with Gasteiger partial charge in [0.1, 0.15) is 11.6 Å². The molecule has 2 aromatic carbocycles. The topological polar surface area (TPSA) is 62.3 Å². The quantitative estimate of drug-likeness (QED) is 0.443. The van der Waals surface area contributed by atoms with Gasteiger partial charge in [-0.2, -0.15) is 4.98 Å². The number of nitrogens with zero attached hydrogens (tertiary/aromatic N) is 3. The van der Waals surface area contributed by atoms with Crippen LogP contribution in [0.3, 0.4) is 0 Å². The van der Waals surface area contributed by atoms with Crippen LogP contribution in [-0.4, -0.2) is 48.4 Å². The van der Waals surface area contributed by atoms with E-state index < -0.39 is 6.36 Å². The molecular weight excluding hydrogens is 443 g/mol. The maximum absolute atomic E-state index is 12.6. The van der Waals surface area contributed by atoms with Gasteiger partial charge in [-0.3, -0.25) is 0 Å². The Hall–Kier alpha value is -3.04. The summed E-state index contributed by atoms with van der Waals surface area (Å²) in [7, 11) is 3.89. The molecule has 0 aliphatic carbocycles. The molecule has 3 rings (SSSR count). The lowest BCUT2D eigenvalue weighted by atomic mass is 10.1. The summed E-state index contributed by atoms with van der Waals surface area (Å²) >= 11 is 6.11. The average Bonchev–Trinajstić information content (AvgIpc) is 2.69. The first kappa shape index (κ1) is 23.6. The van der Waals surface area contributed by atoms with Crippen molar-refractivity contribution in [3.05, 3.63) is 59.1 Å². The van der Waals surface area contributed by atoms with E-state index >= 15 is 0 Å². The normalized spacial score (nSPS) is 11.5. The summed E-state index contributed by atoms with van der Waals surface area (Å²) in [5.74, 6) is 0.486. The number of halogens is 4. The Morgan fingerprint density at radius 2 is 1.84 bits per heavy atom. The van der Waals surface area contributed by atoms with Crippen LogP contribution in [0.2, 0.25) is 5.02 Å². The third kappa shape index (κ3) is 7.00. The summed E-state index contributed by atoms with van der Waals surface area (Å²) in [6, 6.07) is 12.8. The highest BCUT2D eigenvalue weighted by molar-refractivity contribution is 6.30. The molecule has 170 valence electrons. The number of rotatable bonds is 8. The molecular formula is C22H23ClF3N5O. The lowest BCUT2D eigenvalue weighted by Crippen LogP contribution is -2.21. The van der Waals surface area contributed by atoms with E-state index in [9.17, 15) is 13.2 Å². The molecule has 3 aromatic rings. The molecule has 0 aliphatic rings. The summed E-state index contributed by atoms with van der Waals surface area (Å²) in [5, 5.41) is 6.93. The Morgan fingerprint density at radius 1 is 1.06 bits per heavy atom. The summed E-state index contributed by atoms with van der Waals surface area (Å²) in [6.45, 7) is 3.26. The van der Waals surface area contributed by atoms with E-state index in [0.717, 1.165) is 17.8 Å². The first-order valence-corrected chi connectivity index (χ1v) is 10.1. The summed E-state index contributed by atoms with van der Waals surface area (Å²) in [6.07, 6.45) is -4.78. The second kappa shape index (κ2) is 10.1. The minimum Gasteiger partial charge on any atom is -0.406 e. The predicted octanol–water partition coefficient (Wildman–Crippen LogP) is 5.72. The monoisotopic (exact) mass is 465 g/mol. The SMILES string of the molecule is Cc1ccc(Cl)cc1Nc1cc(-c2cccc(OC(F)(F)F)c2)nc(NCCN(C)C)n1. The van der Waals surface area contributed by atoms with Crippen LogP contribution in [0, 0.1) is 6.92 Å². The molecule has 0 radical (unpaired) electrons. The second-order valence-corrected chi connectivity index (χ2v) is 7.79. The van der Waals surface area contributed by atoms with E-state index in [-0.39, 0.29) is 5.75 Å². The molecule has 0 fully saturated rings. The van der Waals surface area contributed by atoms with Crippen molar-refractivity contribution in [1.82, 2.24) is 14.9 Å². The average molecular weight is 466 g/mol. The zero-order valence-electron chi connectivity index (χ0n) is 17.8. The third-order valence-corrected chi connectivity index (χ3v) is 4.63. The molecule has 2 N–H and O–H groups in total. The third-order valence-electron chi connectivity index (χ3n) is 4.39. The van der Waals surface area contributed by atoms with Gasteiger partial charge in [-0.05, 0) is 50.8 Å².